The Bertz CT molecular complexity index is 882. The summed E-state index contributed by atoms with van der Waals surface area (Å²) in [5, 5.41) is 7.01. The number of para-hydroxylation sites is 1. The molecule has 4 heterocycles. The fourth-order valence-corrected chi connectivity index (χ4v) is 5.45. The van der Waals surface area contributed by atoms with Gasteiger partial charge in [0.15, 0.2) is 0 Å². The molecule has 0 aliphatic carbocycles. The monoisotopic (exact) mass is 423 g/mol. The summed E-state index contributed by atoms with van der Waals surface area (Å²) < 4.78 is 6.36. The summed E-state index contributed by atoms with van der Waals surface area (Å²) in [7, 11) is 0. The Hall–Kier alpha value is -2.38. The molecule has 3 fully saturated rings. The highest BCUT2D eigenvalue weighted by Crippen LogP contribution is 2.37. The van der Waals surface area contributed by atoms with Crippen LogP contribution in [-0.2, 0) is 4.74 Å². The largest absolute Gasteiger partial charge is 0.375 e. The number of carbonyl (C=O) groups excluding carboxylic acids is 1. The molecular formula is C24H33N5O2. The minimum absolute atomic E-state index is 0.0311. The fraction of sp³-hybridized carbons (Fsp3) is 0.583. The van der Waals surface area contributed by atoms with Gasteiger partial charge in [-0.3, -0.25) is 14.8 Å². The SMILES string of the molecule is Cc1cc(C(=O)N2CCC3(CC2)C[C@H](N2CCN(c4ccccc4)CC2)CCO3)n[nH]1. The minimum Gasteiger partial charge on any atom is -0.375 e. The molecule has 0 radical (unpaired) electrons. The maximum atomic E-state index is 12.7. The Kier molecular flexibility index (Phi) is 5.71. The summed E-state index contributed by atoms with van der Waals surface area (Å²) in [6.07, 6.45) is 4.04. The van der Waals surface area contributed by atoms with Crippen LogP contribution >= 0.6 is 0 Å². The maximum Gasteiger partial charge on any atom is 0.274 e. The summed E-state index contributed by atoms with van der Waals surface area (Å²) in [5.74, 6) is 0.0311. The maximum absolute atomic E-state index is 12.7. The molecule has 166 valence electrons. The number of ether oxygens (including phenoxy) is 1. The number of anilines is 1. The van der Waals surface area contributed by atoms with Crippen molar-refractivity contribution >= 4 is 11.6 Å². The van der Waals surface area contributed by atoms with Gasteiger partial charge < -0.3 is 14.5 Å². The fourth-order valence-electron chi connectivity index (χ4n) is 5.45. The van der Waals surface area contributed by atoms with Crippen molar-refractivity contribution in [3.8, 4) is 0 Å². The zero-order valence-electron chi connectivity index (χ0n) is 18.4. The molecule has 0 bridgehead atoms. The normalized spacial score (nSPS) is 24.5. The average molecular weight is 424 g/mol. The van der Waals surface area contributed by atoms with Crippen molar-refractivity contribution in [2.24, 2.45) is 0 Å². The van der Waals surface area contributed by atoms with Crippen molar-refractivity contribution in [3.63, 3.8) is 0 Å². The molecule has 1 spiro atoms. The number of likely N-dealkylation sites (tertiary alicyclic amines) is 1. The number of aryl methyl sites for hydroxylation is 1. The highest BCUT2D eigenvalue weighted by molar-refractivity contribution is 5.92. The number of aromatic nitrogens is 2. The van der Waals surface area contributed by atoms with Crippen molar-refractivity contribution in [1.82, 2.24) is 20.0 Å². The van der Waals surface area contributed by atoms with E-state index in [2.05, 4.69) is 50.3 Å². The van der Waals surface area contributed by atoms with Crippen LogP contribution < -0.4 is 4.90 Å². The molecule has 0 saturated carbocycles. The molecule has 3 aliphatic rings. The summed E-state index contributed by atoms with van der Waals surface area (Å²) >= 11 is 0. The predicted octanol–water partition coefficient (Wildman–Crippen LogP) is 2.69. The third-order valence-corrected chi connectivity index (χ3v) is 7.31. The Morgan fingerprint density at radius 1 is 1.10 bits per heavy atom. The summed E-state index contributed by atoms with van der Waals surface area (Å²) in [6.45, 7) is 8.64. The number of nitrogens with one attached hydrogen (secondary N) is 1. The lowest BCUT2D eigenvalue weighted by atomic mass is 9.81. The zero-order chi connectivity index (χ0) is 21.3. The first kappa shape index (κ1) is 20.5. The molecule has 3 saturated heterocycles. The molecule has 0 unspecified atom stereocenters. The van der Waals surface area contributed by atoms with Gasteiger partial charge in [0.2, 0.25) is 0 Å². The van der Waals surface area contributed by atoms with E-state index in [0.29, 0.717) is 11.7 Å². The highest BCUT2D eigenvalue weighted by atomic mass is 16.5. The molecular weight excluding hydrogens is 390 g/mol. The number of piperazine rings is 1. The van der Waals surface area contributed by atoms with Gasteiger partial charge in [0.1, 0.15) is 5.69 Å². The van der Waals surface area contributed by atoms with E-state index in [1.807, 2.05) is 17.9 Å². The number of rotatable bonds is 3. The van der Waals surface area contributed by atoms with Gasteiger partial charge in [0, 0.05) is 63.3 Å². The van der Waals surface area contributed by atoms with E-state index in [1.165, 1.54) is 5.69 Å². The smallest absolute Gasteiger partial charge is 0.274 e. The highest BCUT2D eigenvalue weighted by Gasteiger charge is 2.43. The predicted molar refractivity (Wildman–Crippen MR) is 120 cm³/mol. The standard InChI is InChI=1S/C24H33N5O2/c1-19-17-22(26-25-19)23(30)29-10-8-24(9-11-29)18-21(7-16-31-24)28-14-12-27(13-15-28)20-5-3-2-4-6-20/h2-6,17,21H,7-16,18H2,1H3,(H,25,26)/t21-/m1/s1. The van der Waals surface area contributed by atoms with Crippen LogP contribution in [0.5, 0.6) is 0 Å². The number of hydrogen-bond acceptors (Lipinski definition) is 5. The van der Waals surface area contributed by atoms with Gasteiger partial charge in [-0.05, 0) is 50.8 Å². The molecule has 1 amide bonds. The molecule has 31 heavy (non-hydrogen) atoms. The van der Waals surface area contributed by atoms with E-state index in [-0.39, 0.29) is 11.5 Å². The summed E-state index contributed by atoms with van der Waals surface area (Å²) in [5.41, 5.74) is 2.70. The Morgan fingerprint density at radius 2 is 1.84 bits per heavy atom. The topological polar surface area (TPSA) is 64.7 Å². The molecule has 1 atom stereocenters. The Labute approximate surface area is 184 Å². The number of carbonyl (C=O) groups is 1. The van der Waals surface area contributed by atoms with E-state index < -0.39 is 0 Å². The second kappa shape index (κ2) is 8.63. The van der Waals surface area contributed by atoms with Crippen molar-refractivity contribution in [2.75, 3.05) is 50.8 Å². The van der Waals surface area contributed by atoms with Crippen LogP contribution in [0.25, 0.3) is 0 Å². The van der Waals surface area contributed by atoms with Crippen molar-refractivity contribution in [3.05, 3.63) is 47.8 Å². The number of amides is 1. The quantitative estimate of drug-likeness (QED) is 0.822. The molecule has 7 heteroatoms. The van der Waals surface area contributed by atoms with Gasteiger partial charge in [0.25, 0.3) is 5.91 Å². The van der Waals surface area contributed by atoms with Gasteiger partial charge in [-0.15, -0.1) is 0 Å². The van der Waals surface area contributed by atoms with Gasteiger partial charge in [-0.2, -0.15) is 5.10 Å². The third-order valence-electron chi connectivity index (χ3n) is 7.31. The zero-order valence-corrected chi connectivity index (χ0v) is 18.4. The first-order valence-electron chi connectivity index (χ1n) is 11.6. The lowest BCUT2D eigenvalue weighted by Crippen LogP contribution is -2.57. The lowest BCUT2D eigenvalue weighted by molar-refractivity contribution is -0.130. The van der Waals surface area contributed by atoms with Crippen molar-refractivity contribution in [1.29, 1.82) is 0 Å². The van der Waals surface area contributed by atoms with Crippen LogP contribution in [0.3, 0.4) is 0 Å². The molecule has 3 aliphatic heterocycles. The number of benzene rings is 1. The second-order valence-electron chi connectivity index (χ2n) is 9.27. The lowest BCUT2D eigenvalue weighted by Gasteiger charge is -2.49. The Morgan fingerprint density at radius 3 is 2.52 bits per heavy atom. The van der Waals surface area contributed by atoms with Crippen LogP contribution in [0.1, 0.15) is 41.9 Å². The number of piperidine rings is 1. The van der Waals surface area contributed by atoms with Crippen LogP contribution in [0, 0.1) is 6.92 Å². The van der Waals surface area contributed by atoms with Crippen molar-refractivity contribution < 1.29 is 9.53 Å². The first-order valence-corrected chi connectivity index (χ1v) is 11.6. The van der Waals surface area contributed by atoms with Crippen LogP contribution in [0.15, 0.2) is 36.4 Å². The molecule has 1 aromatic carbocycles. The van der Waals surface area contributed by atoms with Gasteiger partial charge >= 0.3 is 0 Å². The van der Waals surface area contributed by atoms with Gasteiger partial charge in [0.05, 0.1) is 5.60 Å². The molecule has 5 rings (SSSR count). The van der Waals surface area contributed by atoms with Gasteiger partial charge in [-0.1, -0.05) is 18.2 Å². The third kappa shape index (κ3) is 4.34. The van der Waals surface area contributed by atoms with E-state index in [4.69, 9.17) is 4.74 Å². The Balaban J connectivity index is 1.15. The summed E-state index contributed by atoms with van der Waals surface area (Å²) in [6, 6.07) is 13.1. The number of H-pyrrole nitrogens is 1. The average Bonchev–Trinajstić information content (AvgIpc) is 3.26. The van der Waals surface area contributed by atoms with Crippen LogP contribution in [0.4, 0.5) is 5.69 Å². The second-order valence-corrected chi connectivity index (χ2v) is 9.27. The number of aromatic amines is 1. The molecule has 1 aromatic heterocycles. The van der Waals surface area contributed by atoms with E-state index in [9.17, 15) is 4.79 Å². The molecule has 7 nitrogen and oxygen atoms in total. The summed E-state index contributed by atoms with van der Waals surface area (Å²) in [4.78, 5) is 19.8. The van der Waals surface area contributed by atoms with Crippen LogP contribution in [-0.4, -0.2) is 83.4 Å². The van der Waals surface area contributed by atoms with E-state index in [1.54, 1.807) is 0 Å². The van der Waals surface area contributed by atoms with E-state index in [0.717, 1.165) is 77.3 Å². The molecule has 2 aromatic rings. The number of nitrogens with zero attached hydrogens (tertiary/aromatic N) is 4. The van der Waals surface area contributed by atoms with Gasteiger partial charge in [-0.25, -0.2) is 0 Å². The van der Waals surface area contributed by atoms with Crippen molar-refractivity contribution in [2.45, 2.75) is 44.2 Å². The first-order chi connectivity index (χ1) is 15.1. The minimum atomic E-state index is -0.0717. The number of hydrogen-bond donors (Lipinski definition) is 1. The van der Waals surface area contributed by atoms with E-state index >= 15 is 0 Å². The van der Waals surface area contributed by atoms with Crippen LogP contribution in [0.2, 0.25) is 0 Å². The molecule has 1 N–H and O–H groups in total.